The van der Waals surface area contributed by atoms with Crippen LogP contribution in [0.4, 0.5) is 5.69 Å². The molecule has 0 fully saturated rings. The van der Waals surface area contributed by atoms with E-state index in [2.05, 4.69) is 65.7 Å². The van der Waals surface area contributed by atoms with Gasteiger partial charge in [0.2, 0.25) is 0 Å². The van der Waals surface area contributed by atoms with Gasteiger partial charge in [0.1, 0.15) is 6.61 Å². The van der Waals surface area contributed by atoms with Crippen molar-refractivity contribution in [3.05, 3.63) is 90.0 Å². The Bertz CT molecular complexity index is 1000. The number of rotatable bonds is 9. The number of aliphatic carboxylic acids is 1. The molecule has 0 unspecified atom stereocenters. The molecule has 0 bridgehead atoms. The molecule has 0 amide bonds. The minimum Gasteiger partial charge on any atom is -0.486 e. The number of anilines is 1. The molecule has 0 saturated carbocycles. The van der Waals surface area contributed by atoms with Crippen LogP contribution in [0.2, 0.25) is 0 Å². The van der Waals surface area contributed by atoms with Gasteiger partial charge in [0.05, 0.1) is 17.8 Å². The van der Waals surface area contributed by atoms with E-state index in [1.165, 1.54) is 11.1 Å². The minimum atomic E-state index is -1.01. The number of nitrogens with one attached hydrogen (secondary N) is 1. The van der Waals surface area contributed by atoms with Gasteiger partial charge >= 0.3 is 5.97 Å². The molecule has 1 aliphatic rings. The SMILES string of the molecule is CC(NCCN1CCOc2c(OCC(=O)O)cccc21)(c1ccccc1)c1ccccc1. The molecule has 6 nitrogen and oxygen atoms in total. The summed E-state index contributed by atoms with van der Waals surface area (Å²) in [5, 5.41) is 12.7. The second kappa shape index (κ2) is 9.75. The van der Waals surface area contributed by atoms with Crippen LogP contribution in [0.25, 0.3) is 0 Å². The van der Waals surface area contributed by atoms with Crippen LogP contribution in [0.5, 0.6) is 11.5 Å². The summed E-state index contributed by atoms with van der Waals surface area (Å²) in [5.74, 6) is 0.0513. The van der Waals surface area contributed by atoms with E-state index in [0.29, 0.717) is 18.1 Å². The Hall–Kier alpha value is -3.51. The quantitative estimate of drug-likeness (QED) is 0.534. The summed E-state index contributed by atoms with van der Waals surface area (Å²) in [6.45, 7) is 4.62. The van der Waals surface area contributed by atoms with Crippen molar-refractivity contribution in [3.63, 3.8) is 0 Å². The number of carboxylic acids is 1. The third-order valence-corrected chi connectivity index (χ3v) is 5.82. The number of hydrogen-bond acceptors (Lipinski definition) is 5. The largest absolute Gasteiger partial charge is 0.486 e. The first-order chi connectivity index (χ1) is 15.6. The summed E-state index contributed by atoms with van der Waals surface area (Å²) >= 11 is 0. The Balaban J connectivity index is 1.50. The zero-order valence-electron chi connectivity index (χ0n) is 18.2. The molecule has 1 aliphatic heterocycles. The molecule has 166 valence electrons. The predicted octanol–water partition coefficient (Wildman–Crippen LogP) is 3.90. The molecule has 2 N–H and O–H groups in total. The van der Waals surface area contributed by atoms with Crippen LogP contribution in [0.15, 0.2) is 78.9 Å². The highest BCUT2D eigenvalue weighted by atomic mass is 16.5. The van der Waals surface area contributed by atoms with Crippen LogP contribution in [0, 0.1) is 0 Å². The first kappa shape index (κ1) is 21.7. The fraction of sp³-hybridized carbons (Fsp3) is 0.269. The number of fused-ring (bicyclic) bond motifs is 1. The molecule has 1 heterocycles. The average Bonchev–Trinajstić information content (AvgIpc) is 2.84. The van der Waals surface area contributed by atoms with Crippen molar-refractivity contribution >= 4 is 11.7 Å². The van der Waals surface area contributed by atoms with Crippen molar-refractivity contribution < 1.29 is 19.4 Å². The second-order valence-corrected chi connectivity index (χ2v) is 7.91. The Morgan fingerprint density at radius 3 is 2.31 bits per heavy atom. The van der Waals surface area contributed by atoms with Gasteiger partial charge in [-0.1, -0.05) is 66.7 Å². The maximum absolute atomic E-state index is 10.9. The number of carbonyl (C=O) groups is 1. The number of hydrogen-bond donors (Lipinski definition) is 2. The van der Waals surface area contributed by atoms with E-state index in [-0.39, 0.29) is 5.54 Å². The second-order valence-electron chi connectivity index (χ2n) is 7.91. The van der Waals surface area contributed by atoms with Crippen molar-refractivity contribution in [2.24, 2.45) is 0 Å². The van der Waals surface area contributed by atoms with Crippen molar-refractivity contribution in [3.8, 4) is 11.5 Å². The molecular weight excluding hydrogens is 404 g/mol. The molecule has 0 atom stereocenters. The maximum Gasteiger partial charge on any atom is 0.341 e. The summed E-state index contributed by atoms with van der Waals surface area (Å²) < 4.78 is 11.2. The normalized spacial score (nSPS) is 13.2. The van der Waals surface area contributed by atoms with Gasteiger partial charge in [-0.05, 0) is 30.2 Å². The van der Waals surface area contributed by atoms with E-state index in [4.69, 9.17) is 14.6 Å². The zero-order chi connectivity index (χ0) is 22.4. The first-order valence-corrected chi connectivity index (χ1v) is 10.8. The molecule has 4 rings (SSSR count). The highest BCUT2D eigenvalue weighted by Gasteiger charge is 2.29. The number of para-hydroxylation sites is 1. The van der Waals surface area contributed by atoms with Crippen molar-refractivity contribution in [2.45, 2.75) is 12.5 Å². The van der Waals surface area contributed by atoms with Gasteiger partial charge in [-0.3, -0.25) is 0 Å². The first-order valence-electron chi connectivity index (χ1n) is 10.8. The topological polar surface area (TPSA) is 71.0 Å². The van der Waals surface area contributed by atoms with Gasteiger partial charge in [0, 0.05) is 13.1 Å². The van der Waals surface area contributed by atoms with Crippen LogP contribution in [-0.4, -0.2) is 43.9 Å². The van der Waals surface area contributed by atoms with E-state index in [1.54, 1.807) is 6.07 Å². The predicted molar refractivity (Wildman–Crippen MR) is 125 cm³/mol. The van der Waals surface area contributed by atoms with E-state index in [1.807, 2.05) is 24.3 Å². The molecule has 0 aromatic heterocycles. The van der Waals surface area contributed by atoms with Crippen LogP contribution in [0.1, 0.15) is 18.1 Å². The lowest BCUT2D eigenvalue weighted by Gasteiger charge is -2.36. The highest BCUT2D eigenvalue weighted by molar-refractivity contribution is 5.70. The summed E-state index contributed by atoms with van der Waals surface area (Å²) in [6.07, 6.45) is 0. The van der Waals surface area contributed by atoms with Gasteiger partial charge in [-0.2, -0.15) is 0 Å². The lowest BCUT2D eigenvalue weighted by molar-refractivity contribution is -0.139. The third kappa shape index (κ3) is 4.70. The molecule has 0 spiro atoms. The van der Waals surface area contributed by atoms with Crippen LogP contribution >= 0.6 is 0 Å². The number of nitrogens with zero attached hydrogens (tertiary/aromatic N) is 1. The Morgan fingerprint density at radius 1 is 1.03 bits per heavy atom. The van der Waals surface area contributed by atoms with Crippen molar-refractivity contribution in [1.82, 2.24) is 5.32 Å². The Morgan fingerprint density at radius 2 is 1.69 bits per heavy atom. The molecule has 3 aromatic rings. The minimum absolute atomic E-state index is 0.329. The van der Waals surface area contributed by atoms with E-state index in [0.717, 1.165) is 25.3 Å². The van der Waals surface area contributed by atoms with E-state index < -0.39 is 12.6 Å². The van der Waals surface area contributed by atoms with Gasteiger partial charge in [0.25, 0.3) is 0 Å². The zero-order valence-corrected chi connectivity index (χ0v) is 18.2. The fourth-order valence-corrected chi connectivity index (χ4v) is 4.12. The summed E-state index contributed by atoms with van der Waals surface area (Å²) in [6, 6.07) is 26.5. The smallest absolute Gasteiger partial charge is 0.341 e. The molecule has 0 aliphatic carbocycles. The number of carboxylic acid groups (broad SMARTS) is 1. The van der Waals surface area contributed by atoms with Gasteiger partial charge in [-0.25, -0.2) is 4.79 Å². The Labute approximate surface area is 188 Å². The van der Waals surface area contributed by atoms with Crippen LogP contribution < -0.4 is 19.7 Å². The fourth-order valence-electron chi connectivity index (χ4n) is 4.12. The van der Waals surface area contributed by atoms with E-state index >= 15 is 0 Å². The lowest BCUT2D eigenvalue weighted by Crippen LogP contribution is -2.45. The summed E-state index contributed by atoms with van der Waals surface area (Å²) in [7, 11) is 0. The number of benzene rings is 3. The van der Waals surface area contributed by atoms with E-state index in [9.17, 15) is 4.79 Å². The molecule has 6 heteroatoms. The molecule has 3 aromatic carbocycles. The summed E-state index contributed by atoms with van der Waals surface area (Å²) in [5.41, 5.74) is 3.00. The monoisotopic (exact) mass is 432 g/mol. The summed E-state index contributed by atoms with van der Waals surface area (Å²) in [4.78, 5) is 13.1. The highest BCUT2D eigenvalue weighted by Crippen LogP contribution is 2.39. The molecule has 0 saturated heterocycles. The van der Waals surface area contributed by atoms with Gasteiger partial charge in [0.15, 0.2) is 18.1 Å². The maximum atomic E-state index is 10.9. The standard InChI is InChI=1S/C26H28N2O4/c1-26(20-9-4-2-5-10-20,21-11-6-3-7-12-21)27-15-16-28-17-18-31-25-22(28)13-8-14-23(25)32-19-24(29)30/h2-14,27H,15-19H2,1H3,(H,29,30). The average molecular weight is 433 g/mol. The van der Waals surface area contributed by atoms with Crippen LogP contribution in [-0.2, 0) is 10.3 Å². The Kier molecular flexibility index (Phi) is 6.61. The van der Waals surface area contributed by atoms with Gasteiger partial charge in [-0.15, -0.1) is 0 Å². The number of ether oxygens (including phenoxy) is 2. The molecule has 32 heavy (non-hydrogen) atoms. The van der Waals surface area contributed by atoms with Crippen molar-refractivity contribution in [1.29, 1.82) is 0 Å². The molecule has 0 radical (unpaired) electrons. The van der Waals surface area contributed by atoms with Crippen LogP contribution in [0.3, 0.4) is 0 Å². The van der Waals surface area contributed by atoms with Gasteiger partial charge < -0.3 is 24.8 Å². The third-order valence-electron chi connectivity index (χ3n) is 5.82. The lowest BCUT2D eigenvalue weighted by atomic mass is 9.84. The van der Waals surface area contributed by atoms with Crippen molar-refractivity contribution in [2.75, 3.05) is 37.7 Å². The molecular formula is C26H28N2O4.